The quantitative estimate of drug-likeness (QED) is 0.866. The zero-order valence-electron chi connectivity index (χ0n) is 13.6. The summed E-state index contributed by atoms with van der Waals surface area (Å²) < 4.78 is 5.48. The molecule has 3 heterocycles. The summed E-state index contributed by atoms with van der Waals surface area (Å²) in [5.41, 5.74) is -0.0784. The molecule has 1 aliphatic heterocycles. The number of anilines is 1. The number of thiazole rings is 1. The van der Waals surface area contributed by atoms with Gasteiger partial charge in [0.1, 0.15) is 0 Å². The van der Waals surface area contributed by atoms with Crippen molar-refractivity contribution < 1.29 is 4.52 Å². The van der Waals surface area contributed by atoms with Gasteiger partial charge in [0.2, 0.25) is 5.89 Å². The Morgan fingerprint density at radius 1 is 1.23 bits per heavy atom. The molecule has 6 nitrogen and oxygen atoms in total. The van der Waals surface area contributed by atoms with E-state index in [9.17, 15) is 0 Å². The molecule has 0 spiro atoms. The minimum atomic E-state index is -0.0784. The Bertz CT molecular complexity index is 596. The molecule has 1 fully saturated rings. The van der Waals surface area contributed by atoms with Gasteiger partial charge in [0.15, 0.2) is 11.0 Å². The number of aromatic nitrogens is 3. The molecule has 0 bridgehead atoms. The minimum Gasteiger partial charge on any atom is -0.346 e. The molecular formula is C15H23N5OS. The van der Waals surface area contributed by atoms with Crippen molar-refractivity contribution in [3.05, 3.63) is 23.3 Å². The third kappa shape index (κ3) is 3.15. The van der Waals surface area contributed by atoms with Crippen molar-refractivity contribution in [3.63, 3.8) is 0 Å². The molecule has 0 aromatic carbocycles. The summed E-state index contributed by atoms with van der Waals surface area (Å²) >= 11 is 1.70. The fourth-order valence-corrected chi connectivity index (χ4v) is 3.24. The van der Waals surface area contributed by atoms with Gasteiger partial charge >= 0.3 is 0 Å². The third-order valence-corrected chi connectivity index (χ3v) is 4.85. The zero-order valence-corrected chi connectivity index (χ0v) is 14.4. The number of hydrogen-bond donors (Lipinski definition) is 0. The molecule has 1 saturated heterocycles. The van der Waals surface area contributed by atoms with Gasteiger partial charge in [-0.15, -0.1) is 11.3 Å². The Hall–Kier alpha value is -1.47. The van der Waals surface area contributed by atoms with E-state index in [2.05, 4.69) is 52.6 Å². The second-order valence-electron chi connectivity index (χ2n) is 6.72. The molecule has 22 heavy (non-hydrogen) atoms. The minimum absolute atomic E-state index is 0.0784. The maximum absolute atomic E-state index is 5.48. The van der Waals surface area contributed by atoms with E-state index in [1.165, 1.54) is 0 Å². The zero-order chi connectivity index (χ0) is 15.7. The number of nitrogens with zero attached hydrogens (tertiary/aromatic N) is 5. The predicted molar refractivity (Wildman–Crippen MR) is 87.3 cm³/mol. The van der Waals surface area contributed by atoms with Crippen LogP contribution in [0.1, 0.15) is 45.5 Å². The summed E-state index contributed by atoms with van der Waals surface area (Å²) in [7, 11) is 0. The molecule has 0 aliphatic carbocycles. The average molecular weight is 321 g/mol. The van der Waals surface area contributed by atoms with E-state index in [4.69, 9.17) is 4.52 Å². The summed E-state index contributed by atoms with van der Waals surface area (Å²) in [6.07, 6.45) is 1.86. The first-order valence-electron chi connectivity index (χ1n) is 7.68. The molecule has 1 unspecified atom stereocenters. The molecule has 0 saturated carbocycles. The van der Waals surface area contributed by atoms with E-state index < -0.39 is 0 Å². The third-order valence-electron chi connectivity index (χ3n) is 4.02. The Morgan fingerprint density at radius 3 is 2.50 bits per heavy atom. The first-order valence-corrected chi connectivity index (χ1v) is 8.55. The van der Waals surface area contributed by atoms with Crippen LogP contribution in [0.2, 0.25) is 0 Å². The lowest BCUT2D eigenvalue weighted by Crippen LogP contribution is -2.47. The highest BCUT2D eigenvalue weighted by Crippen LogP contribution is 2.26. The van der Waals surface area contributed by atoms with Crippen LogP contribution >= 0.6 is 11.3 Å². The van der Waals surface area contributed by atoms with Crippen molar-refractivity contribution in [2.45, 2.75) is 39.2 Å². The summed E-state index contributed by atoms with van der Waals surface area (Å²) in [5.74, 6) is 1.49. The van der Waals surface area contributed by atoms with E-state index in [1.807, 2.05) is 11.6 Å². The topological polar surface area (TPSA) is 58.3 Å². The maximum Gasteiger partial charge on any atom is 0.243 e. The van der Waals surface area contributed by atoms with Gasteiger partial charge in [0, 0.05) is 43.2 Å². The van der Waals surface area contributed by atoms with Crippen molar-refractivity contribution in [3.8, 4) is 0 Å². The standard InChI is InChI=1S/C15H23N5OS/c1-11(12-17-13(18-21-12)15(2,3)4)19-6-8-20(9-7-19)14-16-5-10-22-14/h5,10-11H,6-9H2,1-4H3. The second kappa shape index (κ2) is 5.96. The van der Waals surface area contributed by atoms with Gasteiger partial charge in [-0.2, -0.15) is 4.98 Å². The smallest absolute Gasteiger partial charge is 0.243 e. The summed E-state index contributed by atoms with van der Waals surface area (Å²) in [5, 5.41) is 7.26. The summed E-state index contributed by atoms with van der Waals surface area (Å²) in [4.78, 5) is 13.7. The van der Waals surface area contributed by atoms with Gasteiger partial charge in [-0.05, 0) is 6.92 Å². The number of hydrogen-bond acceptors (Lipinski definition) is 7. The molecular weight excluding hydrogens is 298 g/mol. The van der Waals surface area contributed by atoms with Gasteiger partial charge < -0.3 is 9.42 Å². The first kappa shape index (κ1) is 15.4. The first-order chi connectivity index (χ1) is 10.4. The fourth-order valence-electron chi connectivity index (χ4n) is 2.54. The highest BCUT2D eigenvalue weighted by molar-refractivity contribution is 7.13. The van der Waals surface area contributed by atoms with E-state index in [0.29, 0.717) is 5.89 Å². The van der Waals surface area contributed by atoms with Crippen molar-refractivity contribution in [2.75, 3.05) is 31.1 Å². The molecule has 2 aromatic heterocycles. The normalized spacial score (nSPS) is 18.6. The van der Waals surface area contributed by atoms with Gasteiger partial charge in [-0.25, -0.2) is 4.98 Å². The molecule has 0 amide bonds. The molecule has 120 valence electrons. The Kier molecular flexibility index (Phi) is 4.18. The van der Waals surface area contributed by atoms with Crippen LogP contribution in [0.3, 0.4) is 0 Å². The van der Waals surface area contributed by atoms with Gasteiger partial charge in [0.05, 0.1) is 6.04 Å². The van der Waals surface area contributed by atoms with E-state index >= 15 is 0 Å². The van der Waals surface area contributed by atoms with Crippen LogP contribution in [0.15, 0.2) is 16.1 Å². The Labute approximate surface area is 135 Å². The number of piperazine rings is 1. The van der Waals surface area contributed by atoms with Gasteiger partial charge in [-0.1, -0.05) is 25.9 Å². The van der Waals surface area contributed by atoms with Crippen LogP contribution in [0.4, 0.5) is 5.13 Å². The predicted octanol–water partition coefficient (Wildman–Crippen LogP) is 2.71. The van der Waals surface area contributed by atoms with Crippen LogP contribution in [0.5, 0.6) is 0 Å². The van der Waals surface area contributed by atoms with E-state index in [-0.39, 0.29) is 11.5 Å². The molecule has 2 aromatic rings. The largest absolute Gasteiger partial charge is 0.346 e. The molecule has 3 rings (SSSR count). The van der Waals surface area contributed by atoms with E-state index in [1.54, 1.807) is 11.3 Å². The van der Waals surface area contributed by atoms with Crippen molar-refractivity contribution in [2.24, 2.45) is 0 Å². The number of rotatable bonds is 3. The lowest BCUT2D eigenvalue weighted by atomic mass is 9.96. The van der Waals surface area contributed by atoms with Crippen LogP contribution in [0, 0.1) is 0 Å². The Morgan fingerprint density at radius 2 is 1.95 bits per heavy atom. The monoisotopic (exact) mass is 321 g/mol. The van der Waals surface area contributed by atoms with Crippen LogP contribution in [-0.4, -0.2) is 46.2 Å². The van der Waals surface area contributed by atoms with Crippen LogP contribution in [-0.2, 0) is 5.41 Å². The highest BCUT2D eigenvalue weighted by atomic mass is 32.1. The second-order valence-corrected chi connectivity index (χ2v) is 7.59. The Balaban J connectivity index is 1.62. The SMILES string of the molecule is CC(c1nc(C(C)(C)C)no1)N1CCN(c2nccs2)CC1. The summed E-state index contributed by atoms with van der Waals surface area (Å²) in [6.45, 7) is 12.4. The van der Waals surface area contributed by atoms with Crippen molar-refractivity contribution in [1.29, 1.82) is 0 Å². The van der Waals surface area contributed by atoms with Crippen molar-refractivity contribution in [1.82, 2.24) is 20.0 Å². The van der Waals surface area contributed by atoms with E-state index in [0.717, 1.165) is 37.1 Å². The van der Waals surface area contributed by atoms with Crippen LogP contribution < -0.4 is 4.90 Å². The fraction of sp³-hybridized carbons (Fsp3) is 0.667. The molecule has 0 N–H and O–H groups in total. The molecule has 1 atom stereocenters. The molecule has 0 radical (unpaired) electrons. The summed E-state index contributed by atoms with van der Waals surface area (Å²) in [6, 6.07) is 0.155. The molecule has 1 aliphatic rings. The lowest BCUT2D eigenvalue weighted by molar-refractivity contribution is 0.164. The van der Waals surface area contributed by atoms with Gasteiger partial charge in [-0.3, -0.25) is 4.90 Å². The maximum atomic E-state index is 5.48. The highest BCUT2D eigenvalue weighted by Gasteiger charge is 2.28. The molecule has 7 heteroatoms. The van der Waals surface area contributed by atoms with Gasteiger partial charge in [0.25, 0.3) is 0 Å². The van der Waals surface area contributed by atoms with Crippen molar-refractivity contribution >= 4 is 16.5 Å². The average Bonchev–Trinajstić information content (AvgIpc) is 3.17. The lowest BCUT2D eigenvalue weighted by Gasteiger charge is -2.36. The van der Waals surface area contributed by atoms with Crippen LogP contribution in [0.25, 0.3) is 0 Å².